The molecule has 5 aromatic rings. The number of nitrogens with one attached hydrogen (secondary N) is 2. The number of halogens is 3. The molecule has 1 unspecified atom stereocenters. The SMILES string of the molecule is CCCCN(C)C(=O)C(NC(=O)c1ccc2nc(NC(=O)c3ccccc3-c3ccc(C(F)(F)F)cc3)ccc2c1)c1ccccn1. The molecule has 0 radical (unpaired) electrons. The Morgan fingerprint density at radius 3 is 2.32 bits per heavy atom. The predicted octanol–water partition coefficient (Wildman–Crippen LogP) is 7.30. The smallest absolute Gasteiger partial charge is 0.344 e. The molecule has 3 aromatic carbocycles. The van der Waals surface area contributed by atoms with Gasteiger partial charge in [0.25, 0.3) is 17.7 Å². The van der Waals surface area contributed by atoms with Gasteiger partial charge in [-0.25, -0.2) is 4.98 Å². The highest BCUT2D eigenvalue weighted by molar-refractivity contribution is 6.09. The molecule has 0 saturated carbocycles. The highest BCUT2D eigenvalue weighted by atomic mass is 19.4. The van der Waals surface area contributed by atoms with Crippen LogP contribution in [0, 0.1) is 0 Å². The van der Waals surface area contributed by atoms with Crippen LogP contribution >= 0.6 is 0 Å². The summed E-state index contributed by atoms with van der Waals surface area (Å²) in [6.07, 6.45) is -1.14. The van der Waals surface area contributed by atoms with E-state index in [2.05, 4.69) is 20.6 Å². The fourth-order valence-corrected chi connectivity index (χ4v) is 5.04. The third-order valence-electron chi connectivity index (χ3n) is 7.62. The van der Waals surface area contributed by atoms with Crippen LogP contribution in [0.2, 0.25) is 0 Å². The maximum Gasteiger partial charge on any atom is 0.416 e. The van der Waals surface area contributed by atoms with Gasteiger partial charge in [0.1, 0.15) is 5.82 Å². The number of rotatable bonds is 10. The van der Waals surface area contributed by atoms with Gasteiger partial charge in [0.2, 0.25) is 0 Å². The number of carbonyl (C=O) groups is 3. The number of unbranched alkanes of at least 4 members (excludes halogenated alkanes) is 1. The third-order valence-corrected chi connectivity index (χ3v) is 7.62. The van der Waals surface area contributed by atoms with Gasteiger partial charge < -0.3 is 15.5 Å². The van der Waals surface area contributed by atoms with Gasteiger partial charge in [-0.1, -0.05) is 49.7 Å². The zero-order chi connectivity index (χ0) is 33.6. The number of likely N-dealkylation sites (N-methyl/N-ethyl adjacent to an activating group) is 1. The van der Waals surface area contributed by atoms with Gasteiger partial charge in [-0.05, 0) is 78.2 Å². The number of hydrogen-bond acceptors (Lipinski definition) is 5. The number of pyridine rings is 2. The highest BCUT2D eigenvalue weighted by Gasteiger charge is 2.30. The number of aromatic nitrogens is 2. The van der Waals surface area contributed by atoms with Crippen LogP contribution in [0.3, 0.4) is 0 Å². The zero-order valence-electron chi connectivity index (χ0n) is 25.7. The molecule has 2 N–H and O–H groups in total. The normalized spacial score (nSPS) is 11.9. The zero-order valence-corrected chi connectivity index (χ0v) is 25.7. The molecule has 0 aliphatic rings. The third kappa shape index (κ3) is 7.81. The van der Waals surface area contributed by atoms with E-state index >= 15 is 0 Å². The quantitative estimate of drug-likeness (QED) is 0.167. The van der Waals surface area contributed by atoms with Gasteiger partial charge >= 0.3 is 6.18 Å². The fourth-order valence-electron chi connectivity index (χ4n) is 5.04. The second-order valence-electron chi connectivity index (χ2n) is 11.0. The molecule has 47 heavy (non-hydrogen) atoms. The van der Waals surface area contributed by atoms with Crippen LogP contribution in [-0.2, 0) is 11.0 Å². The summed E-state index contributed by atoms with van der Waals surface area (Å²) in [6.45, 7) is 2.59. The number of amides is 3. The molecular weight excluding hydrogens is 607 g/mol. The molecule has 8 nitrogen and oxygen atoms in total. The summed E-state index contributed by atoms with van der Waals surface area (Å²) in [5.74, 6) is -0.972. The predicted molar refractivity (Wildman–Crippen MR) is 174 cm³/mol. The molecule has 0 aliphatic heterocycles. The number of nitrogens with zero attached hydrogens (tertiary/aromatic N) is 3. The van der Waals surface area contributed by atoms with Crippen molar-refractivity contribution in [3.63, 3.8) is 0 Å². The number of carbonyl (C=O) groups excluding carboxylic acids is 3. The van der Waals surface area contributed by atoms with Crippen LogP contribution in [0.25, 0.3) is 22.0 Å². The number of anilines is 1. The van der Waals surface area contributed by atoms with Gasteiger partial charge in [-0.3, -0.25) is 19.4 Å². The van der Waals surface area contributed by atoms with Crippen molar-refractivity contribution in [3.8, 4) is 11.1 Å². The maximum absolute atomic E-state index is 13.4. The second kappa shape index (κ2) is 14.2. The highest BCUT2D eigenvalue weighted by Crippen LogP contribution is 2.32. The van der Waals surface area contributed by atoms with Crippen LogP contribution in [0.15, 0.2) is 103 Å². The summed E-state index contributed by atoms with van der Waals surface area (Å²) in [7, 11) is 1.70. The molecule has 1 atom stereocenters. The van der Waals surface area contributed by atoms with E-state index in [1.165, 1.54) is 12.1 Å². The van der Waals surface area contributed by atoms with Crippen molar-refractivity contribution in [2.24, 2.45) is 0 Å². The Bertz CT molecular complexity index is 1900. The van der Waals surface area contributed by atoms with E-state index in [4.69, 9.17) is 0 Å². The van der Waals surface area contributed by atoms with Crippen molar-refractivity contribution in [1.82, 2.24) is 20.2 Å². The minimum absolute atomic E-state index is 0.248. The molecule has 240 valence electrons. The molecule has 0 fully saturated rings. The van der Waals surface area contributed by atoms with Gasteiger partial charge in [-0.2, -0.15) is 13.2 Å². The molecule has 11 heteroatoms. The van der Waals surface area contributed by atoms with Crippen molar-refractivity contribution >= 4 is 34.4 Å². The van der Waals surface area contributed by atoms with Gasteiger partial charge in [0, 0.05) is 36.3 Å². The molecule has 0 spiro atoms. The van der Waals surface area contributed by atoms with E-state index < -0.39 is 29.6 Å². The fraction of sp³-hybridized carbons (Fsp3) is 0.194. The van der Waals surface area contributed by atoms with Crippen LogP contribution in [0.4, 0.5) is 19.0 Å². The van der Waals surface area contributed by atoms with Crippen molar-refractivity contribution < 1.29 is 27.6 Å². The lowest BCUT2D eigenvalue weighted by Gasteiger charge is -2.24. The van der Waals surface area contributed by atoms with E-state index in [1.54, 1.807) is 90.9 Å². The van der Waals surface area contributed by atoms with E-state index in [0.29, 0.717) is 39.8 Å². The summed E-state index contributed by atoms with van der Waals surface area (Å²) in [5, 5.41) is 6.21. The van der Waals surface area contributed by atoms with Crippen molar-refractivity contribution in [2.45, 2.75) is 32.0 Å². The van der Waals surface area contributed by atoms with Crippen LogP contribution in [0.5, 0.6) is 0 Å². The Balaban J connectivity index is 1.33. The summed E-state index contributed by atoms with van der Waals surface area (Å²) in [6, 6.07) is 23.6. The summed E-state index contributed by atoms with van der Waals surface area (Å²) < 4.78 is 39.1. The average molecular weight is 640 g/mol. The lowest BCUT2D eigenvalue weighted by molar-refractivity contribution is -0.137. The standard InChI is InChI=1S/C36H32F3N5O3/c1-3-4-21-44(2)35(47)32(30-11-7-8-20-40-30)43-33(45)25-14-18-29-24(22-25)15-19-31(41-29)42-34(46)28-10-6-5-9-27(28)23-12-16-26(17-13-23)36(37,38)39/h5-20,22,32H,3-4,21H2,1-2H3,(H,43,45)(H,41,42,46). The van der Waals surface area contributed by atoms with E-state index in [9.17, 15) is 27.6 Å². The van der Waals surface area contributed by atoms with E-state index in [0.717, 1.165) is 25.0 Å². The van der Waals surface area contributed by atoms with Crippen LogP contribution in [0.1, 0.15) is 57.8 Å². The largest absolute Gasteiger partial charge is 0.416 e. The molecule has 5 rings (SSSR count). The summed E-state index contributed by atoms with van der Waals surface area (Å²) >= 11 is 0. The molecule has 0 saturated heterocycles. The molecule has 2 aromatic heterocycles. The average Bonchev–Trinajstić information content (AvgIpc) is 3.09. The van der Waals surface area contributed by atoms with E-state index in [-0.39, 0.29) is 17.3 Å². The maximum atomic E-state index is 13.4. The summed E-state index contributed by atoms with van der Waals surface area (Å²) in [4.78, 5) is 50.3. The van der Waals surface area contributed by atoms with Crippen LogP contribution < -0.4 is 10.6 Å². The first kappa shape index (κ1) is 32.8. The first-order valence-corrected chi connectivity index (χ1v) is 15.0. The lowest BCUT2D eigenvalue weighted by Crippen LogP contribution is -2.42. The Labute approximate surface area is 269 Å². The van der Waals surface area contributed by atoms with E-state index in [1.807, 2.05) is 6.92 Å². The number of alkyl halides is 3. The number of hydrogen-bond donors (Lipinski definition) is 2. The number of fused-ring (bicyclic) bond motifs is 1. The Morgan fingerprint density at radius 2 is 1.62 bits per heavy atom. The molecule has 0 bridgehead atoms. The topological polar surface area (TPSA) is 104 Å². The van der Waals surface area contributed by atoms with Crippen molar-refractivity contribution in [3.05, 3.63) is 126 Å². The second-order valence-corrected chi connectivity index (χ2v) is 11.0. The van der Waals surface area contributed by atoms with Crippen LogP contribution in [-0.4, -0.2) is 46.2 Å². The monoisotopic (exact) mass is 639 g/mol. The molecule has 0 aliphatic carbocycles. The minimum atomic E-state index is -4.46. The Hall–Kier alpha value is -5.58. The Kier molecular flexibility index (Phi) is 9.94. The summed E-state index contributed by atoms with van der Waals surface area (Å²) in [5.41, 5.74) is 1.66. The van der Waals surface area contributed by atoms with Gasteiger partial charge in [0.05, 0.1) is 16.8 Å². The van der Waals surface area contributed by atoms with Gasteiger partial charge in [0.15, 0.2) is 6.04 Å². The van der Waals surface area contributed by atoms with Gasteiger partial charge in [-0.15, -0.1) is 0 Å². The lowest BCUT2D eigenvalue weighted by atomic mass is 9.98. The molecule has 3 amide bonds. The first-order valence-electron chi connectivity index (χ1n) is 15.0. The first-order chi connectivity index (χ1) is 22.5. The number of benzene rings is 3. The molecule has 2 heterocycles. The Morgan fingerprint density at radius 1 is 0.872 bits per heavy atom. The minimum Gasteiger partial charge on any atom is -0.344 e. The van der Waals surface area contributed by atoms with Crippen molar-refractivity contribution in [1.29, 1.82) is 0 Å². The molecular formula is C36H32F3N5O3. The van der Waals surface area contributed by atoms with Crippen molar-refractivity contribution in [2.75, 3.05) is 18.9 Å².